The molecule has 9 nitrogen and oxygen atoms in total. The second-order valence-electron chi connectivity index (χ2n) is 6.16. The van der Waals surface area contributed by atoms with Gasteiger partial charge in [-0.15, -0.1) is 0 Å². The van der Waals surface area contributed by atoms with E-state index in [0.717, 1.165) is 37.4 Å². The molecule has 0 aliphatic carbocycles. The first-order valence-corrected chi connectivity index (χ1v) is 8.91. The molecule has 0 bridgehead atoms. The zero-order valence-electron chi connectivity index (χ0n) is 14.7. The minimum absolute atomic E-state index is 0.335. The van der Waals surface area contributed by atoms with E-state index in [1.165, 1.54) is 0 Å². The highest BCUT2D eigenvalue weighted by atomic mass is 16.5. The molecule has 2 fully saturated rings. The molecule has 4 heterocycles. The quantitative estimate of drug-likeness (QED) is 0.814. The summed E-state index contributed by atoms with van der Waals surface area (Å²) in [6.07, 6.45) is 1.73. The van der Waals surface area contributed by atoms with E-state index in [0.29, 0.717) is 50.7 Å². The Morgan fingerprint density at radius 2 is 1.46 bits per heavy atom. The molecule has 2 aliphatic rings. The minimum Gasteiger partial charge on any atom is -0.378 e. The van der Waals surface area contributed by atoms with Crippen LogP contribution in [0.5, 0.6) is 0 Å². The molecule has 2 aliphatic heterocycles. The topological polar surface area (TPSA) is 103 Å². The molecule has 26 heavy (non-hydrogen) atoms. The molecule has 0 aromatic carbocycles. The maximum absolute atomic E-state index is 5.86. The molecule has 2 aromatic rings. The van der Waals surface area contributed by atoms with E-state index < -0.39 is 0 Å². The number of hydrogen-bond acceptors (Lipinski definition) is 9. The number of ether oxygens (including phenoxy) is 2. The van der Waals surface area contributed by atoms with Crippen LogP contribution in [0.25, 0.3) is 11.4 Å². The molecule has 0 radical (unpaired) electrons. The monoisotopic (exact) mass is 357 g/mol. The van der Waals surface area contributed by atoms with E-state index >= 15 is 0 Å². The Hall–Kier alpha value is -2.36. The number of pyridine rings is 1. The van der Waals surface area contributed by atoms with Crippen LogP contribution in [0, 0.1) is 0 Å². The van der Waals surface area contributed by atoms with Gasteiger partial charge in [-0.2, -0.15) is 15.0 Å². The molecular formula is C17H23N7O2. The molecule has 0 atom stereocenters. The Morgan fingerprint density at radius 1 is 0.885 bits per heavy atom. The molecule has 2 aromatic heterocycles. The summed E-state index contributed by atoms with van der Waals surface area (Å²) in [5, 5.41) is 0. The summed E-state index contributed by atoms with van der Waals surface area (Å²) in [5.41, 5.74) is 7.49. The van der Waals surface area contributed by atoms with Crippen molar-refractivity contribution in [3.63, 3.8) is 0 Å². The number of morpholine rings is 2. The Balaban J connectivity index is 1.76. The number of nitrogens with zero attached hydrogens (tertiary/aromatic N) is 6. The van der Waals surface area contributed by atoms with Gasteiger partial charge in [-0.3, -0.25) is 4.98 Å². The van der Waals surface area contributed by atoms with Gasteiger partial charge in [-0.1, -0.05) is 0 Å². The first kappa shape index (κ1) is 17.1. The van der Waals surface area contributed by atoms with Crippen molar-refractivity contribution in [1.29, 1.82) is 0 Å². The molecule has 0 amide bonds. The third-order valence-corrected chi connectivity index (χ3v) is 4.52. The number of anilines is 2. The molecule has 4 rings (SSSR count). The molecule has 0 saturated carbocycles. The van der Waals surface area contributed by atoms with Gasteiger partial charge in [0.2, 0.25) is 11.9 Å². The molecule has 138 valence electrons. The van der Waals surface area contributed by atoms with Gasteiger partial charge in [0.15, 0.2) is 5.82 Å². The molecule has 9 heteroatoms. The van der Waals surface area contributed by atoms with E-state index in [-0.39, 0.29) is 0 Å². The fraction of sp³-hybridized carbons (Fsp3) is 0.529. The minimum atomic E-state index is 0.335. The largest absolute Gasteiger partial charge is 0.378 e. The van der Waals surface area contributed by atoms with Gasteiger partial charge in [0.05, 0.1) is 32.1 Å². The highest BCUT2D eigenvalue weighted by Gasteiger charge is 2.22. The van der Waals surface area contributed by atoms with Crippen LogP contribution in [0.1, 0.15) is 5.69 Å². The van der Waals surface area contributed by atoms with Gasteiger partial charge in [-0.25, -0.2) is 0 Å². The standard InChI is InChI=1S/C17H23N7O2/c18-12-14-13(2-1-3-19-14)15-20-16(23-4-8-25-9-5-23)22-17(21-15)24-6-10-26-11-7-24/h1-3H,4-12,18H2. The third-order valence-electron chi connectivity index (χ3n) is 4.52. The number of rotatable bonds is 4. The average Bonchev–Trinajstić information content (AvgIpc) is 2.74. The molecular weight excluding hydrogens is 334 g/mol. The Labute approximate surface area is 152 Å². The van der Waals surface area contributed by atoms with E-state index in [4.69, 9.17) is 30.2 Å². The van der Waals surface area contributed by atoms with Crippen molar-refractivity contribution in [1.82, 2.24) is 19.9 Å². The molecule has 2 saturated heterocycles. The van der Waals surface area contributed by atoms with Crippen LogP contribution in [0.2, 0.25) is 0 Å². The van der Waals surface area contributed by atoms with Crippen LogP contribution in [-0.2, 0) is 16.0 Å². The maximum Gasteiger partial charge on any atom is 0.230 e. The Kier molecular flexibility index (Phi) is 5.19. The summed E-state index contributed by atoms with van der Waals surface area (Å²) in [5.74, 6) is 1.95. The van der Waals surface area contributed by atoms with E-state index in [1.54, 1.807) is 6.20 Å². The van der Waals surface area contributed by atoms with Gasteiger partial charge >= 0.3 is 0 Å². The number of hydrogen-bond donors (Lipinski definition) is 1. The van der Waals surface area contributed by atoms with Gasteiger partial charge < -0.3 is 25.0 Å². The first-order valence-electron chi connectivity index (χ1n) is 8.91. The van der Waals surface area contributed by atoms with Crippen molar-refractivity contribution in [3.8, 4) is 11.4 Å². The van der Waals surface area contributed by atoms with Gasteiger partial charge in [0, 0.05) is 44.5 Å². The predicted molar refractivity (Wildman–Crippen MR) is 97.0 cm³/mol. The Bertz CT molecular complexity index is 709. The van der Waals surface area contributed by atoms with Gasteiger partial charge in [-0.05, 0) is 12.1 Å². The number of aromatic nitrogens is 4. The van der Waals surface area contributed by atoms with Crippen LogP contribution in [0.3, 0.4) is 0 Å². The van der Waals surface area contributed by atoms with E-state index in [2.05, 4.69) is 14.8 Å². The summed E-state index contributed by atoms with van der Waals surface area (Å²) in [6, 6.07) is 3.83. The van der Waals surface area contributed by atoms with Crippen LogP contribution in [-0.4, -0.2) is 72.5 Å². The zero-order chi connectivity index (χ0) is 17.8. The van der Waals surface area contributed by atoms with Crippen molar-refractivity contribution >= 4 is 11.9 Å². The summed E-state index contributed by atoms with van der Waals surface area (Å²) in [6.45, 7) is 6.10. The molecule has 0 unspecified atom stereocenters. The van der Waals surface area contributed by atoms with Crippen molar-refractivity contribution in [2.75, 3.05) is 62.4 Å². The van der Waals surface area contributed by atoms with Crippen molar-refractivity contribution in [2.45, 2.75) is 6.54 Å². The highest BCUT2D eigenvalue weighted by Crippen LogP contribution is 2.24. The summed E-state index contributed by atoms with van der Waals surface area (Å²) >= 11 is 0. The average molecular weight is 357 g/mol. The maximum atomic E-state index is 5.86. The van der Waals surface area contributed by atoms with Crippen LogP contribution in [0.4, 0.5) is 11.9 Å². The normalized spacial score (nSPS) is 18.2. The number of nitrogens with two attached hydrogens (primary N) is 1. The molecule has 2 N–H and O–H groups in total. The lowest BCUT2D eigenvalue weighted by atomic mass is 10.2. The van der Waals surface area contributed by atoms with Crippen LogP contribution < -0.4 is 15.5 Å². The molecule has 0 spiro atoms. The lowest BCUT2D eigenvalue weighted by Gasteiger charge is -2.30. The third kappa shape index (κ3) is 3.59. The highest BCUT2D eigenvalue weighted by molar-refractivity contribution is 5.61. The smallest absolute Gasteiger partial charge is 0.230 e. The van der Waals surface area contributed by atoms with Gasteiger partial charge in [0.25, 0.3) is 0 Å². The lowest BCUT2D eigenvalue weighted by Crippen LogP contribution is -2.40. The van der Waals surface area contributed by atoms with Crippen molar-refractivity contribution in [3.05, 3.63) is 24.0 Å². The lowest BCUT2D eigenvalue weighted by molar-refractivity contribution is 0.121. The van der Waals surface area contributed by atoms with Crippen molar-refractivity contribution < 1.29 is 9.47 Å². The predicted octanol–water partition coefficient (Wildman–Crippen LogP) is 0.0655. The van der Waals surface area contributed by atoms with Crippen LogP contribution in [0.15, 0.2) is 18.3 Å². The second-order valence-corrected chi connectivity index (χ2v) is 6.16. The summed E-state index contributed by atoms with van der Waals surface area (Å²) < 4.78 is 10.9. The summed E-state index contributed by atoms with van der Waals surface area (Å²) in [4.78, 5) is 22.8. The zero-order valence-corrected chi connectivity index (χ0v) is 14.7. The van der Waals surface area contributed by atoms with Gasteiger partial charge in [0.1, 0.15) is 0 Å². The van der Waals surface area contributed by atoms with Crippen LogP contribution >= 0.6 is 0 Å². The summed E-state index contributed by atoms with van der Waals surface area (Å²) in [7, 11) is 0. The fourth-order valence-corrected chi connectivity index (χ4v) is 3.09. The SMILES string of the molecule is NCc1ncccc1-c1nc(N2CCOCC2)nc(N2CCOCC2)n1. The van der Waals surface area contributed by atoms with E-state index in [1.807, 2.05) is 12.1 Å². The fourth-order valence-electron chi connectivity index (χ4n) is 3.09. The van der Waals surface area contributed by atoms with E-state index in [9.17, 15) is 0 Å². The first-order chi connectivity index (χ1) is 12.8. The van der Waals surface area contributed by atoms with Crippen molar-refractivity contribution in [2.24, 2.45) is 5.73 Å². The Morgan fingerprint density at radius 3 is 2.00 bits per heavy atom. The second kappa shape index (κ2) is 7.90.